The lowest BCUT2D eigenvalue weighted by molar-refractivity contribution is 0.888. The summed E-state index contributed by atoms with van der Waals surface area (Å²) in [6, 6.07) is 26.6. The van der Waals surface area contributed by atoms with Gasteiger partial charge in [-0.1, -0.05) is 79.7 Å². The third kappa shape index (κ3) is 2.58. The summed E-state index contributed by atoms with van der Waals surface area (Å²) in [4.78, 5) is 5.43. The molecule has 0 unspecified atom stereocenters. The van der Waals surface area contributed by atoms with Crippen LogP contribution < -0.4 is 0 Å². The first-order valence-corrected chi connectivity index (χ1v) is 11.2. The van der Waals surface area contributed by atoms with Crippen molar-refractivity contribution < 1.29 is 0 Å². The van der Waals surface area contributed by atoms with E-state index in [4.69, 9.17) is 4.98 Å². The Morgan fingerprint density at radius 1 is 0.633 bits per heavy atom. The molecule has 1 heteroatoms. The lowest BCUT2D eigenvalue weighted by Crippen LogP contribution is -2.15. The second-order valence-electron chi connectivity index (χ2n) is 8.47. The second-order valence-corrected chi connectivity index (χ2v) is 8.47. The van der Waals surface area contributed by atoms with Crippen LogP contribution in [-0.4, -0.2) is 4.98 Å². The molecular weight excluding hydrogens is 362 g/mol. The van der Waals surface area contributed by atoms with Gasteiger partial charge >= 0.3 is 0 Å². The van der Waals surface area contributed by atoms with Gasteiger partial charge in [0.05, 0.1) is 11.4 Å². The topological polar surface area (TPSA) is 12.9 Å². The molecular formula is C29H25N. The highest BCUT2D eigenvalue weighted by Gasteiger charge is 2.29. The summed E-state index contributed by atoms with van der Waals surface area (Å²) in [5, 5.41) is 0. The third-order valence-electron chi connectivity index (χ3n) is 6.88. The molecule has 0 aliphatic heterocycles. The van der Waals surface area contributed by atoms with Gasteiger partial charge in [0, 0.05) is 11.1 Å². The van der Waals surface area contributed by atoms with Crippen LogP contribution in [0.2, 0.25) is 0 Å². The number of fused-ring (bicyclic) bond motifs is 6. The molecule has 1 heterocycles. The van der Waals surface area contributed by atoms with Gasteiger partial charge in [-0.3, -0.25) is 0 Å². The van der Waals surface area contributed by atoms with Gasteiger partial charge in [0.25, 0.3) is 0 Å². The molecule has 0 saturated carbocycles. The average molecular weight is 388 g/mol. The van der Waals surface area contributed by atoms with E-state index >= 15 is 0 Å². The monoisotopic (exact) mass is 387 g/mol. The summed E-state index contributed by atoms with van der Waals surface area (Å²) >= 11 is 0. The van der Waals surface area contributed by atoms with E-state index in [1.54, 1.807) is 0 Å². The molecule has 146 valence electrons. The molecule has 4 aromatic rings. The average Bonchev–Trinajstić information content (AvgIpc) is 2.82. The van der Waals surface area contributed by atoms with Gasteiger partial charge in [-0.15, -0.1) is 0 Å². The Bertz CT molecular complexity index is 1250. The Morgan fingerprint density at radius 2 is 1.33 bits per heavy atom. The maximum absolute atomic E-state index is 5.43. The summed E-state index contributed by atoms with van der Waals surface area (Å²) in [5.41, 5.74) is 15.1. The molecule has 1 aromatic heterocycles. The molecule has 0 fully saturated rings. The van der Waals surface area contributed by atoms with Crippen LogP contribution in [0.3, 0.4) is 0 Å². The van der Waals surface area contributed by atoms with Crippen LogP contribution in [0.5, 0.6) is 0 Å². The fourth-order valence-electron chi connectivity index (χ4n) is 5.48. The molecule has 6 rings (SSSR count). The summed E-state index contributed by atoms with van der Waals surface area (Å²) in [6.45, 7) is 2.26. The molecule has 0 atom stereocenters. The molecule has 0 N–H and O–H groups in total. The van der Waals surface area contributed by atoms with Crippen molar-refractivity contribution in [2.45, 2.75) is 39.0 Å². The fourth-order valence-corrected chi connectivity index (χ4v) is 5.48. The van der Waals surface area contributed by atoms with E-state index in [9.17, 15) is 0 Å². The van der Waals surface area contributed by atoms with Crippen LogP contribution in [0, 0.1) is 0 Å². The smallest absolute Gasteiger partial charge is 0.0753 e. The van der Waals surface area contributed by atoms with Crippen LogP contribution in [-0.2, 0) is 32.1 Å². The van der Waals surface area contributed by atoms with Gasteiger partial charge in [0.1, 0.15) is 0 Å². The third-order valence-corrected chi connectivity index (χ3v) is 6.88. The molecule has 2 aliphatic carbocycles. The first-order chi connectivity index (χ1) is 14.8. The molecule has 0 saturated heterocycles. The van der Waals surface area contributed by atoms with Crippen molar-refractivity contribution in [2.75, 3.05) is 0 Å². The summed E-state index contributed by atoms with van der Waals surface area (Å²) in [5.74, 6) is 0. The Kier molecular flexibility index (Phi) is 4.09. The van der Waals surface area contributed by atoms with Crippen molar-refractivity contribution in [1.82, 2.24) is 4.98 Å². The van der Waals surface area contributed by atoms with Crippen molar-refractivity contribution in [3.05, 3.63) is 101 Å². The van der Waals surface area contributed by atoms with Crippen LogP contribution in [0.4, 0.5) is 0 Å². The molecule has 2 aliphatic rings. The van der Waals surface area contributed by atoms with Gasteiger partial charge < -0.3 is 0 Å². The van der Waals surface area contributed by atoms with Gasteiger partial charge in [-0.25, -0.2) is 4.98 Å². The first kappa shape index (κ1) is 17.7. The standard InChI is InChI=1S/C29H25N/c1-2-19-12-8-13-22-16-18-25-27(21-10-4-3-5-11-21)24-17-15-20-9-6-7-14-23(20)28(24)30-29(25)26(19)22/h3-14H,2,15-18H2,1H3. The van der Waals surface area contributed by atoms with E-state index in [1.165, 1.54) is 61.5 Å². The maximum Gasteiger partial charge on any atom is 0.0753 e. The number of nitrogens with zero attached hydrogens (tertiary/aromatic N) is 1. The molecule has 30 heavy (non-hydrogen) atoms. The Hall–Kier alpha value is -3.19. The van der Waals surface area contributed by atoms with E-state index in [2.05, 4.69) is 79.7 Å². The number of hydrogen-bond donors (Lipinski definition) is 0. The van der Waals surface area contributed by atoms with Crippen LogP contribution in [0.25, 0.3) is 33.6 Å². The molecule has 3 aromatic carbocycles. The Balaban J connectivity index is 1.73. The highest BCUT2D eigenvalue weighted by Crippen LogP contribution is 2.46. The highest BCUT2D eigenvalue weighted by molar-refractivity contribution is 5.88. The van der Waals surface area contributed by atoms with E-state index in [0.717, 1.165) is 32.1 Å². The largest absolute Gasteiger partial charge is 0.247 e. The Morgan fingerprint density at radius 3 is 2.17 bits per heavy atom. The zero-order valence-electron chi connectivity index (χ0n) is 17.4. The lowest BCUT2D eigenvalue weighted by atomic mass is 9.77. The summed E-state index contributed by atoms with van der Waals surface area (Å²) in [7, 11) is 0. The minimum atomic E-state index is 1.04. The quantitative estimate of drug-likeness (QED) is 0.367. The van der Waals surface area contributed by atoms with E-state index < -0.39 is 0 Å². The molecule has 1 nitrogen and oxygen atoms in total. The van der Waals surface area contributed by atoms with Crippen LogP contribution in [0.15, 0.2) is 72.8 Å². The number of pyridine rings is 1. The minimum absolute atomic E-state index is 1.04. The van der Waals surface area contributed by atoms with Crippen molar-refractivity contribution >= 4 is 0 Å². The van der Waals surface area contributed by atoms with Crippen molar-refractivity contribution in [3.8, 4) is 33.6 Å². The fraction of sp³-hybridized carbons (Fsp3) is 0.207. The first-order valence-electron chi connectivity index (χ1n) is 11.2. The molecule has 0 amide bonds. The normalized spacial score (nSPS) is 13.8. The zero-order chi connectivity index (χ0) is 20.1. The molecule has 0 spiro atoms. The number of hydrogen-bond acceptors (Lipinski definition) is 1. The second kappa shape index (κ2) is 6.95. The maximum atomic E-state index is 5.43. The van der Waals surface area contributed by atoms with Gasteiger partial charge in [-0.2, -0.15) is 0 Å². The van der Waals surface area contributed by atoms with Gasteiger partial charge in [0.15, 0.2) is 0 Å². The molecule has 0 bridgehead atoms. The number of benzene rings is 3. The summed E-state index contributed by atoms with van der Waals surface area (Å²) in [6.07, 6.45) is 5.38. The number of aryl methyl sites for hydroxylation is 3. The zero-order valence-corrected chi connectivity index (χ0v) is 17.4. The van der Waals surface area contributed by atoms with E-state index in [-0.39, 0.29) is 0 Å². The van der Waals surface area contributed by atoms with Crippen molar-refractivity contribution in [3.63, 3.8) is 0 Å². The SMILES string of the molecule is CCc1cccc2c1-c1nc3c(c(-c4ccccc4)c1CC2)CCc1ccccc1-3. The molecule has 0 radical (unpaired) electrons. The summed E-state index contributed by atoms with van der Waals surface area (Å²) < 4.78 is 0. The lowest BCUT2D eigenvalue weighted by Gasteiger charge is -2.30. The van der Waals surface area contributed by atoms with E-state index in [1.807, 2.05) is 0 Å². The van der Waals surface area contributed by atoms with E-state index in [0.29, 0.717) is 0 Å². The van der Waals surface area contributed by atoms with Gasteiger partial charge in [0.2, 0.25) is 0 Å². The predicted molar refractivity (Wildman–Crippen MR) is 125 cm³/mol. The van der Waals surface area contributed by atoms with Gasteiger partial charge in [-0.05, 0) is 71.0 Å². The predicted octanol–water partition coefficient (Wildman–Crippen LogP) is 6.84. The van der Waals surface area contributed by atoms with Crippen molar-refractivity contribution in [2.24, 2.45) is 0 Å². The number of rotatable bonds is 2. The van der Waals surface area contributed by atoms with Crippen LogP contribution >= 0.6 is 0 Å². The van der Waals surface area contributed by atoms with Crippen LogP contribution in [0.1, 0.15) is 34.7 Å². The minimum Gasteiger partial charge on any atom is -0.247 e. The van der Waals surface area contributed by atoms with Crippen molar-refractivity contribution in [1.29, 1.82) is 0 Å². The Labute approximate surface area is 178 Å². The number of aromatic nitrogens is 1. The highest BCUT2D eigenvalue weighted by atomic mass is 14.7.